The summed E-state index contributed by atoms with van der Waals surface area (Å²) in [5.41, 5.74) is 18.0. The molecule has 0 aromatic heterocycles. The molecule has 1 heterocycles. The Morgan fingerprint density at radius 1 is 0.836 bits per heavy atom. The smallest absolute Gasteiger partial charge is 0.326 e. The minimum Gasteiger partial charge on any atom is -0.508 e. The highest BCUT2D eigenvalue weighted by Crippen LogP contribution is 2.21. The summed E-state index contributed by atoms with van der Waals surface area (Å²) in [4.78, 5) is 82.0. The molecule has 1 saturated heterocycles. The Bertz CT molecular complexity index is 1390. The molecule has 1 aliphatic heterocycles. The Morgan fingerprint density at radius 3 is 2.05 bits per heavy atom. The van der Waals surface area contributed by atoms with Gasteiger partial charge in [-0.05, 0) is 94.0 Å². The van der Waals surface area contributed by atoms with Crippen molar-refractivity contribution in [3.63, 3.8) is 0 Å². The molecule has 5 amide bonds. The maximum Gasteiger partial charge on any atom is 0.326 e. The van der Waals surface area contributed by atoms with Gasteiger partial charge in [0.25, 0.3) is 0 Å². The lowest BCUT2D eigenvalue weighted by Crippen LogP contribution is -2.60. The molecule has 1 aliphatic rings. The lowest BCUT2D eigenvalue weighted by Gasteiger charge is -2.31. The fourth-order valence-corrected chi connectivity index (χ4v) is 6.65. The number of phenols is 1. The van der Waals surface area contributed by atoms with Gasteiger partial charge in [0.05, 0.1) is 0 Å². The van der Waals surface area contributed by atoms with E-state index < -0.39 is 71.8 Å². The van der Waals surface area contributed by atoms with Crippen LogP contribution in [-0.2, 0) is 35.2 Å². The van der Waals surface area contributed by atoms with Crippen molar-refractivity contribution in [3.05, 3.63) is 29.8 Å². The normalized spacial score (nSPS) is 17.4. The van der Waals surface area contributed by atoms with Crippen LogP contribution in [0.2, 0.25) is 0 Å². The molecule has 0 unspecified atom stereocenters. The summed E-state index contributed by atoms with van der Waals surface area (Å²) in [6.07, 6.45) is 5.28. The first-order chi connectivity index (χ1) is 26.1. The number of carbonyl (C=O) groups excluding carboxylic acids is 5. The number of nitrogens with zero attached hydrogens (tertiary/aromatic N) is 1. The Kier molecular flexibility index (Phi) is 20.7. The van der Waals surface area contributed by atoms with E-state index in [1.54, 1.807) is 19.1 Å². The highest BCUT2D eigenvalue weighted by atomic mass is 16.4. The van der Waals surface area contributed by atoms with E-state index in [1.165, 1.54) is 17.0 Å². The van der Waals surface area contributed by atoms with Crippen LogP contribution in [-0.4, -0.2) is 107 Å². The summed E-state index contributed by atoms with van der Waals surface area (Å²) in [6, 6.07) is 0.410. The lowest BCUT2D eigenvalue weighted by atomic mass is 9.96. The van der Waals surface area contributed by atoms with Gasteiger partial charge in [-0.15, -0.1) is 0 Å². The number of hydrogen-bond donors (Lipinski definition) is 9. The highest BCUT2D eigenvalue weighted by molar-refractivity contribution is 5.96. The maximum atomic E-state index is 14.0. The molecule has 12 N–H and O–H groups in total. The predicted molar refractivity (Wildman–Crippen MR) is 209 cm³/mol. The molecule has 0 aliphatic carbocycles. The zero-order chi connectivity index (χ0) is 41.1. The third-order valence-electron chi connectivity index (χ3n) is 10.0. The minimum atomic E-state index is -1.21. The maximum absolute atomic E-state index is 14.0. The Labute approximate surface area is 325 Å². The predicted octanol–water partition coefficient (Wildman–Crippen LogP) is 1.02. The third-order valence-corrected chi connectivity index (χ3v) is 10.0. The van der Waals surface area contributed by atoms with Crippen LogP contribution in [0.3, 0.4) is 0 Å². The van der Waals surface area contributed by atoms with Gasteiger partial charge in [-0.25, -0.2) is 4.79 Å². The molecule has 1 aromatic carbocycles. The van der Waals surface area contributed by atoms with Gasteiger partial charge in [0.1, 0.15) is 36.0 Å². The van der Waals surface area contributed by atoms with Crippen molar-refractivity contribution in [2.75, 3.05) is 19.6 Å². The molecule has 7 atom stereocenters. The van der Waals surface area contributed by atoms with Crippen molar-refractivity contribution >= 4 is 35.5 Å². The summed E-state index contributed by atoms with van der Waals surface area (Å²) in [5, 5.41) is 30.6. The van der Waals surface area contributed by atoms with E-state index in [0.29, 0.717) is 63.6 Å². The van der Waals surface area contributed by atoms with Crippen LogP contribution in [0.1, 0.15) is 104 Å². The van der Waals surface area contributed by atoms with Crippen molar-refractivity contribution in [1.29, 1.82) is 0 Å². The van der Waals surface area contributed by atoms with Crippen molar-refractivity contribution in [2.45, 2.75) is 141 Å². The average molecular weight is 775 g/mol. The van der Waals surface area contributed by atoms with Gasteiger partial charge in [0.15, 0.2) is 0 Å². The quantitative estimate of drug-likeness (QED) is 0.0633. The van der Waals surface area contributed by atoms with Gasteiger partial charge in [-0.3, -0.25) is 24.0 Å². The van der Waals surface area contributed by atoms with Crippen LogP contribution in [0, 0.1) is 11.8 Å². The molecule has 0 spiro atoms. The Morgan fingerprint density at radius 2 is 1.47 bits per heavy atom. The number of unbranched alkanes of at least 4 members (excludes halogenated alkanes) is 2. The molecular formula is C39H66N8O8. The third kappa shape index (κ3) is 16.2. The minimum absolute atomic E-state index is 0.0121. The zero-order valence-corrected chi connectivity index (χ0v) is 33.1. The number of likely N-dealkylation sites (tertiary alicyclic amines) is 1. The van der Waals surface area contributed by atoms with Gasteiger partial charge >= 0.3 is 5.97 Å². The van der Waals surface area contributed by atoms with E-state index >= 15 is 0 Å². The molecule has 2 rings (SSSR count). The van der Waals surface area contributed by atoms with Crippen LogP contribution in [0.5, 0.6) is 5.75 Å². The van der Waals surface area contributed by atoms with E-state index in [0.717, 1.165) is 12.8 Å². The monoisotopic (exact) mass is 775 g/mol. The standard InChI is InChI=1S/C39H66N8O8/c1-5-25(4)34(37(52)45-31(39(54)55)21-24(2)3)46-35(50)30(22-26-14-16-28(48)17-15-26)44-36(51)32-13-10-20-47(32)38(53)29(12-7-9-19-41)43-33(49)23-27(42)11-6-8-18-40/h14-17,24-25,27,29-32,34,48H,5-13,18-23,40-42H2,1-4H3,(H,43,49)(H,44,51)(H,45,52)(H,46,50)(H,54,55)/t25-,27-,29-,30-,31-,32-,34-/m0/s1. The van der Waals surface area contributed by atoms with E-state index in [9.17, 15) is 39.0 Å². The lowest BCUT2D eigenvalue weighted by molar-refractivity contribution is -0.143. The fourth-order valence-electron chi connectivity index (χ4n) is 6.65. The SMILES string of the molecule is CC[C@H](C)[C@H](NC(=O)[C@H](Cc1ccc(O)cc1)NC(=O)[C@@H]1CCCN1C(=O)[C@H](CCCCN)NC(=O)C[C@@H](N)CCCCN)C(=O)N[C@@H](CC(C)C)C(=O)O. The topological polar surface area (TPSA) is 272 Å². The largest absolute Gasteiger partial charge is 0.508 e. The van der Waals surface area contributed by atoms with Gasteiger partial charge in [-0.1, -0.05) is 52.7 Å². The Hall–Kier alpha value is -4.28. The Balaban J connectivity index is 2.32. The summed E-state index contributed by atoms with van der Waals surface area (Å²) >= 11 is 0. The van der Waals surface area contributed by atoms with Crippen molar-refractivity contribution in [3.8, 4) is 5.75 Å². The number of benzene rings is 1. The van der Waals surface area contributed by atoms with Crippen LogP contribution in [0.15, 0.2) is 24.3 Å². The summed E-state index contributed by atoms with van der Waals surface area (Å²) in [7, 11) is 0. The molecular weight excluding hydrogens is 708 g/mol. The first-order valence-electron chi connectivity index (χ1n) is 19.8. The first kappa shape index (κ1) is 46.9. The van der Waals surface area contributed by atoms with Crippen molar-refractivity contribution in [2.24, 2.45) is 29.0 Å². The number of hydrogen-bond acceptors (Lipinski definition) is 10. The van der Waals surface area contributed by atoms with Crippen LogP contribution < -0.4 is 38.5 Å². The van der Waals surface area contributed by atoms with Crippen LogP contribution in [0.4, 0.5) is 0 Å². The summed E-state index contributed by atoms with van der Waals surface area (Å²) < 4.78 is 0. The second-order valence-electron chi connectivity index (χ2n) is 15.2. The van der Waals surface area contributed by atoms with Gasteiger partial charge < -0.3 is 53.6 Å². The van der Waals surface area contributed by atoms with E-state index in [2.05, 4.69) is 21.3 Å². The number of aromatic hydroxyl groups is 1. The average Bonchev–Trinajstić information content (AvgIpc) is 3.63. The van der Waals surface area contributed by atoms with Crippen LogP contribution in [0.25, 0.3) is 0 Å². The van der Waals surface area contributed by atoms with E-state index in [4.69, 9.17) is 17.2 Å². The second kappa shape index (κ2) is 24.3. The fraction of sp³-hybridized carbons (Fsp3) is 0.692. The summed E-state index contributed by atoms with van der Waals surface area (Å²) in [5.74, 6) is -4.27. The number of nitrogens with two attached hydrogens (primary N) is 3. The zero-order valence-electron chi connectivity index (χ0n) is 33.1. The first-order valence-corrected chi connectivity index (χ1v) is 19.8. The number of aliphatic carboxylic acids is 1. The number of amides is 5. The summed E-state index contributed by atoms with van der Waals surface area (Å²) in [6.45, 7) is 8.50. The molecule has 0 saturated carbocycles. The molecule has 1 aromatic rings. The van der Waals surface area contributed by atoms with Crippen LogP contribution >= 0.6 is 0 Å². The molecule has 0 radical (unpaired) electrons. The van der Waals surface area contributed by atoms with Gasteiger partial charge in [0.2, 0.25) is 29.5 Å². The number of rotatable bonds is 25. The molecule has 310 valence electrons. The van der Waals surface area contributed by atoms with Gasteiger partial charge in [-0.2, -0.15) is 0 Å². The highest BCUT2D eigenvalue weighted by Gasteiger charge is 2.39. The second-order valence-corrected chi connectivity index (χ2v) is 15.2. The molecule has 16 nitrogen and oxygen atoms in total. The van der Waals surface area contributed by atoms with E-state index in [1.807, 2.05) is 20.8 Å². The molecule has 0 bridgehead atoms. The number of carboxylic acid groups (broad SMARTS) is 1. The van der Waals surface area contributed by atoms with E-state index in [-0.39, 0.29) is 43.4 Å². The van der Waals surface area contributed by atoms with Gasteiger partial charge in [0, 0.05) is 25.4 Å². The number of carboxylic acids is 1. The van der Waals surface area contributed by atoms with Crippen molar-refractivity contribution < 1.29 is 39.0 Å². The molecule has 55 heavy (non-hydrogen) atoms. The number of phenolic OH excluding ortho intramolecular Hbond substituents is 1. The number of nitrogens with one attached hydrogen (secondary N) is 4. The molecule has 1 fully saturated rings. The van der Waals surface area contributed by atoms with Crippen molar-refractivity contribution in [1.82, 2.24) is 26.2 Å². The molecule has 16 heteroatoms. The number of carbonyl (C=O) groups is 6.